The normalized spacial score (nSPS) is 23.9. The molecule has 0 aromatic heterocycles. The van der Waals surface area contributed by atoms with Gasteiger partial charge in [-0.2, -0.15) is 0 Å². The van der Waals surface area contributed by atoms with Crippen molar-refractivity contribution in [3.05, 3.63) is 29.8 Å². The van der Waals surface area contributed by atoms with Gasteiger partial charge < -0.3 is 10.2 Å². The topological polar surface area (TPSA) is 38.8 Å². The zero-order chi connectivity index (χ0) is 21.7. The summed E-state index contributed by atoms with van der Waals surface area (Å²) in [4.78, 5) is 19.5. The molecular weight excluding hydrogens is 372 g/mol. The summed E-state index contributed by atoms with van der Waals surface area (Å²) in [6.45, 7) is 12.6. The Morgan fingerprint density at radius 3 is 2.07 bits per heavy atom. The van der Waals surface area contributed by atoms with Crippen LogP contribution in [0.15, 0.2) is 24.3 Å². The van der Waals surface area contributed by atoms with E-state index in [-0.39, 0.29) is 5.91 Å². The highest BCUT2D eigenvalue weighted by Gasteiger charge is 2.30. The molecule has 1 amide bonds. The van der Waals surface area contributed by atoms with Crippen molar-refractivity contribution in [2.24, 2.45) is 11.3 Å². The zero-order valence-corrected chi connectivity index (χ0v) is 19.8. The summed E-state index contributed by atoms with van der Waals surface area (Å²) in [5.41, 5.74) is 2.99. The van der Waals surface area contributed by atoms with Crippen LogP contribution in [-0.4, -0.2) is 68.6 Å². The van der Waals surface area contributed by atoms with Gasteiger partial charge in [0.15, 0.2) is 0 Å². The Hall–Kier alpha value is -1.59. The van der Waals surface area contributed by atoms with Crippen molar-refractivity contribution in [3.8, 4) is 0 Å². The Kier molecular flexibility index (Phi) is 7.81. The molecule has 1 N–H and O–H groups in total. The van der Waals surface area contributed by atoms with Gasteiger partial charge in [0.2, 0.25) is 5.91 Å². The van der Waals surface area contributed by atoms with E-state index in [1.54, 1.807) is 0 Å². The molecule has 168 valence electrons. The minimum Gasteiger partial charge on any atom is -0.378 e. The minimum absolute atomic E-state index is 0.210. The second-order valence-corrected chi connectivity index (χ2v) is 10.6. The maximum absolute atomic E-state index is 12.5. The summed E-state index contributed by atoms with van der Waals surface area (Å²) < 4.78 is 0. The monoisotopic (exact) mass is 414 g/mol. The number of carbonyl (C=O) groups excluding carboxylic acids is 1. The number of amides is 1. The lowest BCUT2D eigenvalue weighted by atomic mass is 9.71. The van der Waals surface area contributed by atoms with Gasteiger partial charge in [-0.05, 0) is 54.7 Å². The smallest absolute Gasteiger partial charge is 0.234 e. The molecule has 1 saturated heterocycles. The molecule has 1 aromatic rings. The van der Waals surface area contributed by atoms with E-state index >= 15 is 0 Å². The standard InChI is InChI=1S/C25H42N4O/c1-25(2,3)21-8-10-22(11-9-21)26-24(30)19-29-16-14-28(15-17-29)18-20-6-12-23(13-7-20)27(4)5/h6-7,12-13,21-22H,8-11,14-19H2,1-5H3,(H,26,30). The number of hydrogen-bond donors (Lipinski definition) is 1. The van der Waals surface area contributed by atoms with Gasteiger partial charge in [0.1, 0.15) is 0 Å². The zero-order valence-electron chi connectivity index (χ0n) is 19.8. The van der Waals surface area contributed by atoms with Gasteiger partial charge in [-0.1, -0.05) is 32.9 Å². The molecule has 0 atom stereocenters. The molecular formula is C25H42N4O. The SMILES string of the molecule is CN(C)c1ccc(CN2CCN(CC(=O)NC3CCC(C(C)(C)C)CC3)CC2)cc1. The lowest BCUT2D eigenvalue weighted by Crippen LogP contribution is -2.50. The van der Waals surface area contributed by atoms with E-state index in [1.807, 2.05) is 0 Å². The van der Waals surface area contributed by atoms with E-state index in [2.05, 4.69) is 79.1 Å². The van der Waals surface area contributed by atoms with Gasteiger partial charge in [0, 0.05) is 58.5 Å². The molecule has 5 nitrogen and oxygen atoms in total. The Bertz CT molecular complexity index is 663. The van der Waals surface area contributed by atoms with Gasteiger partial charge in [-0.3, -0.25) is 14.6 Å². The van der Waals surface area contributed by atoms with Crippen LogP contribution in [0.5, 0.6) is 0 Å². The van der Waals surface area contributed by atoms with E-state index in [9.17, 15) is 4.79 Å². The predicted molar refractivity (Wildman–Crippen MR) is 126 cm³/mol. The van der Waals surface area contributed by atoms with Gasteiger partial charge >= 0.3 is 0 Å². The Balaban J connectivity index is 1.35. The second kappa shape index (κ2) is 10.1. The van der Waals surface area contributed by atoms with Gasteiger partial charge in [-0.15, -0.1) is 0 Å². The molecule has 1 aliphatic carbocycles. The average molecular weight is 415 g/mol. The van der Waals surface area contributed by atoms with Crippen molar-refractivity contribution in [3.63, 3.8) is 0 Å². The molecule has 0 unspecified atom stereocenters. The first-order valence-electron chi connectivity index (χ1n) is 11.7. The number of nitrogens with zero attached hydrogens (tertiary/aromatic N) is 3. The third-order valence-electron chi connectivity index (χ3n) is 7.01. The van der Waals surface area contributed by atoms with Crippen LogP contribution in [0.4, 0.5) is 5.69 Å². The molecule has 1 heterocycles. The molecule has 0 spiro atoms. The summed E-state index contributed by atoms with van der Waals surface area (Å²) in [6.07, 6.45) is 4.74. The van der Waals surface area contributed by atoms with Crippen LogP contribution in [0.1, 0.15) is 52.0 Å². The molecule has 2 aliphatic rings. The fraction of sp³-hybridized carbons (Fsp3) is 0.720. The van der Waals surface area contributed by atoms with Gasteiger partial charge in [-0.25, -0.2) is 0 Å². The van der Waals surface area contributed by atoms with Crippen molar-refractivity contribution in [2.45, 2.75) is 59.0 Å². The first-order chi connectivity index (χ1) is 14.2. The number of nitrogens with one attached hydrogen (secondary N) is 1. The van der Waals surface area contributed by atoms with E-state index in [4.69, 9.17) is 0 Å². The number of anilines is 1. The first-order valence-corrected chi connectivity index (χ1v) is 11.7. The molecule has 1 aliphatic heterocycles. The minimum atomic E-state index is 0.210. The fourth-order valence-corrected chi connectivity index (χ4v) is 4.84. The van der Waals surface area contributed by atoms with Crippen LogP contribution in [0, 0.1) is 11.3 Å². The molecule has 5 heteroatoms. The molecule has 2 fully saturated rings. The molecule has 1 saturated carbocycles. The predicted octanol–water partition coefficient (Wildman–Crippen LogP) is 3.59. The molecule has 30 heavy (non-hydrogen) atoms. The molecule has 1 aromatic carbocycles. The third-order valence-corrected chi connectivity index (χ3v) is 7.01. The molecule has 0 radical (unpaired) electrons. The van der Waals surface area contributed by atoms with E-state index < -0.39 is 0 Å². The van der Waals surface area contributed by atoms with Crippen LogP contribution in [0.2, 0.25) is 0 Å². The summed E-state index contributed by atoms with van der Waals surface area (Å²) in [5.74, 6) is 1.000. The lowest BCUT2D eigenvalue weighted by molar-refractivity contribution is -0.123. The van der Waals surface area contributed by atoms with E-state index in [0.29, 0.717) is 18.0 Å². The fourth-order valence-electron chi connectivity index (χ4n) is 4.84. The Labute approximate surface area is 183 Å². The summed E-state index contributed by atoms with van der Waals surface area (Å²) in [6, 6.07) is 9.20. The number of benzene rings is 1. The average Bonchev–Trinajstić information content (AvgIpc) is 2.69. The van der Waals surface area contributed by atoms with Crippen molar-refractivity contribution >= 4 is 11.6 Å². The maximum Gasteiger partial charge on any atom is 0.234 e. The third kappa shape index (κ3) is 6.71. The van der Waals surface area contributed by atoms with E-state index in [0.717, 1.165) is 51.5 Å². The highest BCUT2D eigenvalue weighted by atomic mass is 16.2. The van der Waals surface area contributed by atoms with Crippen molar-refractivity contribution < 1.29 is 4.79 Å². The Morgan fingerprint density at radius 1 is 0.967 bits per heavy atom. The van der Waals surface area contributed by atoms with Crippen LogP contribution in [-0.2, 0) is 11.3 Å². The van der Waals surface area contributed by atoms with Gasteiger partial charge in [0.25, 0.3) is 0 Å². The summed E-state index contributed by atoms with van der Waals surface area (Å²) in [5, 5.41) is 3.31. The number of hydrogen-bond acceptors (Lipinski definition) is 4. The number of rotatable bonds is 6. The number of piperazine rings is 1. The van der Waals surface area contributed by atoms with Crippen molar-refractivity contribution in [1.82, 2.24) is 15.1 Å². The van der Waals surface area contributed by atoms with Crippen molar-refractivity contribution in [2.75, 3.05) is 51.7 Å². The van der Waals surface area contributed by atoms with Crippen LogP contribution >= 0.6 is 0 Å². The first kappa shape index (κ1) is 23.1. The highest BCUT2D eigenvalue weighted by molar-refractivity contribution is 5.78. The molecule has 3 rings (SSSR count). The summed E-state index contributed by atoms with van der Waals surface area (Å²) in [7, 11) is 4.14. The number of carbonyl (C=O) groups is 1. The lowest BCUT2D eigenvalue weighted by Gasteiger charge is -2.38. The van der Waals surface area contributed by atoms with Crippen LogP contribution < -0.4 is 10.2 Å². The molecule has 0 bridgehead atoms. The van der Waals surface area contributed by atoms with Crippen molar-refractivity contribution in [1.29, 1.82) is 0 Å². The van der Waals surface area contributed by atoms with Crippen LogP contribution in [0.3, 0.4) is 0 Å². The maximum atomic E-state index is 12.5. The summed E-state index contributed by atoms with van der Waals surface area (Å²) >= 11 is 0. The van der Waals surface area contributed by atoms with E-state index in [1.165, 1.54) is 24.1 Å². The second-order valence-electron chi connectivity index (χ2n) is 10.6. The largest absolute Gasteiger partial charge is 0.378 e. The quantitative estimate of drug-likeness (QED) is 0.772. The highest BCUT2D eigenvalue weighted by Crippen LogP contribution is 2.37. The van der Waals surface area contributed by atoms with Crippen LogP contribution in [0.25, 0.3) is 0 Å². The van der Waals surface area contributed by atoms with Gasteiger partial charge in [0.05, 0.1) is 6.54 Å². The Morgan fingerprint density at radius 2 is 1.53 bits per heavy atom.